The topological polar surface area (TPSA) is 102 Å². The normalized spacial score (nSPS) is 22.4. The van der Waals surface area contributed by atoms with Gasteiger partial charge in [0.15, 0.2) is 5.69 Å². The van der Waals surface area contributed by atoms with E-state index in [-0.39, 0.29) is 17.5 Å². The molecule has 1 amide bonds. The van der Waals surface area contributed by atoms with Crippen LogP contribution in [0.15, 0.2) is 0 Å². The molecule has 1 atom stereocenters. The van der Waals surface area contributed by atoms with Crippen LogP contribution in [0.1, 0.15) is 42.4 Å². The molecule has 0 aliphatic carbocycles. The van der Waals surface area contributed by atoms with Crippen LogP contribution in [-0.4, -0.2) is 48.6 Å². The number of nitrogen functional groups attached to an aromatic ring is 1. The molecular weight excluding hydrogens is 260 g/mol. The van der Waals surface area contributed by atoms with Crippen molar-refractivity contribution in [2.24, 2.45) is 0 Å². The number of ether oxygens (including phenoxy) is 2. The summed E-state index contributed by atoms with van der Waals surface area (Å²) in [6, 6.07) is 0. The molecule has 1 unspecified atom stereocenters. The number of hydrogen-bond donors (Lipinski definition) is 3. The molecule has 0 spiro atoms. The van der Waals surface area contributed by atoms with E-state index in [0.29, 0.717) is 25.4 Å². The van der Waals surface area contributed by atoms with Crippen LogP contribution < -0.4 is 11.1 Å². The Balaban J connectivity index is 2.02. The first-order valence-electron chi connectivity index (χ1n) is 6.74. The van der Waals surface area contributed by atoms with Gasteiger partial charge < -0.3 is 20.5 Å². The molecule has 0 aromatic carbocycles. The molecule has 1 saturated heterocycles. The number of methoxy groups -OCH3 is 1. The van der Waals surface area contributed by atoms with Crippen LogP contribution in [0.3, 0.4) is 0 Å². The van der Waals surface area contributed by atoms with Crippen molar-refractivity contribution in [1.29, 1.82) is 0 Å². The zero-order valence-corrected chi connectivity index (χ0v) is 12.2. The Morgan fingerprint density at radius 2 is 2.40 bits per heavy atom. The summed E-state index contributed by atoms with van der Waals surface area (Å²) in [5.41, 5.74) is 6.92. The molecule has 0 bridgehead atoms. The molecule has 2 heterocycles. The van der Waals surface area contributed by atoms with E-state index < -0.39 is 5.60 Å². The van der Waals surface area contributed by atoms with Crippen molar-refractivity contribution in [1.82, 2.24) is 15.5 Å². The van der Waals surface area contributed by atoms with E-state index in [1.807, 2.05) is 13.8 Å². The fourth-order valence-corrected chi connectivity index (χ4v) is 2.26. The Hall–Kier alpha value is -1.60. The molecule has 4 N–H and O–H groups in total. The first-order valence-corrected chi connectivity index (χ1v) is 6.74. The number of hydrogen-bond acceptors (Lipinski definition) is 5. The second-order valence-corrected chi connectivity index (χ2v) is 5.43. The molecule has 1 aliphatic rings. The lowest BCUT2D eigenvalue weighted by atomic mass is 10.0. The predicted octanol–water partition coefficient (Wildman–Crippen LogP) is 0.651. The Kier molecular flexibility index (Phi) is 4.29. The molecule has 2 rings (SSSR count). The number of aromatic nitrogens is 2. The van der Waals surface area contributed by atoms with Crippen molar-refractivity contribution in [3.8, 4) is 0 Å². The molecule has 7 heteroatoms. The van der Waals surface area contributed by atoms with E-state index in [4.69, 9.17) is 15.2 Å². The quantitative estimate of drug-likeness (QED) is 0.736. The van der Waals surface area contributed by atoms with Crippen LogP contribution in [0.2, 0.25) is 0 Å². The van der Waals surface area contributed by atoms with Crippen molar-refractivity contribution in [3.05, 3.63) is 11.4 Å². The van der Waals surface area contributed by atoms with Crippen molar-refractivity contribution in [2.75, 3.05) is 32.6 Å². The van der Waals surface area contributed by atoms with Gasteiger partial charge >= 0.3 is 0 Å². The van der Waals surface area contributed by atoms with Crippen molar-refractivity contribution in [2.45, 2.75) is 31.8 Å². The molecular formula is C13H22N4O3. The van der Waals surface area contributed by atoms with E-state index >= 15 is 0 Å². The van der Waals surface area contributed by atoms with Gasteiger partial charge in [-0.2, -0.15) is 5.10 Å². The fraction of sp³-hybridized carbons (Fsp3) is 0.692. The number of nitrogens with one attached hydrogen (secondary N) is 2. The van der Waals surface area contributed by atoms with Gasteiger partial charge in [-0.3, -0.25) is 9.89 Å². The second-order valence-electron chi connectivity index (χ2n) is 5.43. The highest BCUT2D eigenvalue weighted by Gasteiger charge is 2.35. The maximum absolute atomic E-state index is 12.1. The molecule has 0 saturated carbocycles. The van der Waals surface area contributed by atoms with Crippen LogP contribution in [0, 0.1) is 0 Å². The Labute approximate surface area is 118 Å². The van der Waals surface area contributed by atoms with Gasteiger partial charge in [-0.15, -0.1) is 0 Å². The first kappa shape index (κ1) is 14.8. The third-order valence-corrected chi connectivity index (χ3v) is 3.70. The summed E-state index contributed by atoms with van der Waals surface area (Å²) in [6.07, 6.45) is 0.761. The Morgan fingerprint density at radius 3 is 2.90 bits per heavy atom. The lowest BCUT2D eigenvalue weighted by Crippen LogP contribution is -2.45. The van der Waals surface area contributed by atoms with Gasteiger partial charge in [0.05, 0.1) is 18.0 Å². The highest BCUT2D eigenvalue weighted by atomic mass is 16.5. The zero-order valence-electron chi connectivity index (χ0n) is 12.2. The number of aromatic amines is 1. The van der Waals surface area contributed by atoms with E-state index in [2.05, 4.69) is 15.5 Å². The summed E-state index contributed by atoms with van der Waals surface area (Å²) in [5.74, 6) is -0.105. The molecule has 1 fully saturated rings. The minimum absolute atomic E-state index is 0.192. The smallest absolute Gasteiger partial charge is 0.274 e. The van der Waals surface area contributed by atoms with Gasteiger partial charge in [0.25, 0.3) is 5.91 Å². The summed E-state index contributed by atoms with van der Waals surface area (Å²) in [7, 11) is 1.63. The van der Waals surface area contributed by atoms with Gasteiger partial charge in [0.2, 0.25) is 0 Å². The average Bonchev–Trinajstić information content (AvgIpc) is 3.03. The maximum atomic E-state index is 12.1. The number of nitrogens with zero attached hydrogens (tertiary/aromatic N) is 1. The zero-order chi connectivity index (χ0) is 14.8. The van der Waals surface area contributed by atoms with Gasteiger partial charge in [-0.1, -0.05) is 13.8 Å². The van der Waals surface area contributed by atoms with Gasteiger partial charge in [-0.05, 0) is 5.92 Å². The average molecular weight is 282 g/mol. The summed E-state index contributed by atoms with van der Waals surface area (Å²) >= 11 is 0. The van der Waals surface area contributed by atoms with E-state index in [1.165, 1.54) is 0 Å². The predicted molar refractivity (Wildman–Crippen MR) is 74.6 cm³/mol. The minimum atomic E-state index is -0.443. The molecule has 0 radical (unpaired) electrons. The molecule has 1 aromatic heterocycles. The second kappa shape index (κ2) is 5.80. The molecule has 1 aliphatic heterocycles. The number of rotatable bonds is 5. The summed E-state index contributed by atoms with van der Waals surface area (Å²) < 4.78 is 10.8. The van der Waals surface area contributed by atoms with E-state index in [9.17, 15) is 4.79 Å². The largest absolute Gasteiger partial charge is 0.395 e. The number of amides is 1. The molecule has 7 nitrogen and oxygen atoms in total. The SMILES string of the molecule is COC1(CNC(=O)c2n[nH]c(C(C)C)c2N)CCOC1. The lowest BCUT2D eigenvalue weighted by molar-refractivity contribution is -0.0149. The van der Waals surface area contributed by atoms with Crippen molar-refractivity contribution in [3.63, 3.8) is 0 Å². The number of nitrogens with two attached hydrogens (primary N) is 1. The Morgan fingerprint density at radius 1 is 1.65 bits per heavy atom. The number of carbonyl (C=O) groups excluding carboxylic acids is 1. The monoisotopic (exact) mass is 282 g/mol. The third-order valence-electron chi connectivity index (χ3n) is 3.70. The fourth-order valence-electron chi connectivity index (χ4n) is 2.26. The van der Waals surface area contributed by atoms with Crippen molar-refractivity contribution < 1.29 is 14.3 Å². The first-order chi connectivity index (χ1) is 9.49. The van der Waals surface area contributed by atoms with Gasteiger partial charge in [-0.25, -0.2) is 0 Å². The van der Waals surface area contributed by atoms with Crippen molar-refractivity contribution >= 4 is 11.6 Å². The van der Waals surface area contributed by atoms with Crippen LogP contribution in [0.5, 0.6) is 0 Å². The van der Waals surface area contributed by atoms with Crippen LogP contribution in [-0.2, 0) is 9.47 Å². The molecule has 20 heavy (non-hydrogen) atoms. The number of H-pyrrole nitrogens is 1. The van der Waals surface area contributed by atoms with E-state index in [1.54, 1.807) is 7.11 Å². The summed E-state index contributed by atoms with van der Waals surface area (Å²) in [5, 5.41) is 9.63. The number of carbonyl (C=O) groups is 1. The van der Waals surface area contributed by atoms with Gasteiger partial charge in [0, 0.05) is 26.7 Å². The standard InChI is InChI=1S/C13H22N4O3/c1-8(2)10-9(14)11(17-16-10)12(18)15-6-13(19-3)4-5-20-7-13/h8H,4-7,14H2,1-3H3,(H,15,18)(H,16,17). The highest BCUT2D eigenvalue weighted by molar-refractivity contribution is 5.97. The lowest BCUT2D eigenvalue weighted by Gasteiger charge is -2.25. The maximum Gasteiger partial charge on any atom is 0.274 e. The summed E-state index contributed by atoms with van der Waals surface area (Å²) in [4.78, 5) is 12.1. The van der Waals surface area contributed by atoms with E-state index in [0.717, 1.165) is 12.1 Å². The van der Waals surface area contributed by atoms with Crippen LogP contribution >= 0.6 is 0 Å². The molecule has 1 aromatic rings. The van der Waals surface area contributed by atoms with Crippen LogP contribution in [0.4, 0.5) is 5.69 Å². The van der Waals surface area contributed by atoms with Crippen LogP contribution in [0.25, 0.3) is 0 Å². The molecule has 112 valence electrons. The minimum Gasteiger partial charge on any atom is -0.395 e. The third kappa shape index (κ3) is 2.78. The van der Waals surface area contributed by atoms with Gasteiger partial charge in [0.1, 0.15) is 5.60 Å². The number of anilines is 1. The highest BCUT2D eigenvalue weighted by Crippen LogP contribution is 2.23. The summed E-state index contributed by atoms with van der Waals surface area (Å²) in [6.45, 7) is 5.48. The Bertz CT molecular complexity index is 478.